The first-order chi connectivity index (χ1) is 34.2. The first-order valence-corrected chi connectivity index (χ1v) is 28.1. The quantitative estimate of drug-likeness (QED) is 0.0265. The predicted octanol–water partition coefficient (Wildman–Crippen LogP) is -3.73. The molecule has 73 heavy (non-hydrogen) atoms. The summed E-state index contributed by atoms with van der Waals surface area (Å²) in [5.41, 5.74) is 9.54. The molecule has 16 atom stereocenters. The molecule has 3 aliphatic rings. The Kier molecular flexibility index (Phi) is 15.9. The van der Waals surface area contributed by atoms with E-state index in [1.54, 1.807) is 6.92 Å². The van der Waals surface area contributed by atoms with Crippen LogP contribution in [0.4, 0.5) is 11.8 Å². The third kappa shape index (κ3) is 11.7. The van der Waals surface area contributed by atoms with Gasteiger partial charge in [-0.05, 0) is 6.42 Å². The van der Waals surface area contributed by atoms with E-state index in [4.69, 9.17) is 60.3 Å². The molecule has 40 heteroatoms. The Hall–Kier alpha value is -4.16. The molecule has 0 saturated carbocycles. The normalized spacial score (nSPS) is 30.9. The molecule has 4 unspecified atom stereocenters. The average Bonchev–Trinajstić information content (AvgIpc) is 4.09. The number of aromatic nitrogens is 10. The Bertz CT molecular complexity index is 3250. The zero-order valence-corrected chi connectivity index (χ0v) is 42.1. The summed E-state index contributed by atoms with van der Waals surface area (Å²) in [7, 11) is -15.1. The van der Waals surface area contributed by atoms with E-state index < -0.39 is 140 Å². The fourth-order valence-corrected chi connectivity index (χ4v) is 13.3. The van der Waals surface area contributed by atoms with E-state index in [-0.39, 0.29) is 40.5 Å². The van der Waals surface area contributed by atoms with Crippen molar-refractivity contribution in [2.24, 2.45) is 13.0 Å². The Morgan fingerprint density at radius 3 is 2.16 bits per heavy atom. The summed E-state index contributed by atoms with van der Waals surface area (Å²) in [4.78, 5) is 102. The van der Waals surface area contributed by atoms with Crippen LogP contribution in [0.3, 0.4) is 0 Å². The number of fused-ring (bicyclic) bond motifs is 2. The lowest BCUT2D eigenvalue weighted by atomic mass is 9.95. The molecule has 0 aliphatic carbocycles. The molecule has 3 aliphatic heterocycles. The molecule has 0 radical (unpaired) electrons. The zero-order valence-electron chi connectivity index (χ0n) is 37.7. The number of rotatable bonds is 20. The lowest BCUT2D eigenvalue weighted by Crippen LogP contribution is -2.45. The van der Waals surface area contributed by atoms with Gasteiger partial charge < -0.3 is 74.4 Å². The summed E-state index contributed by atoms with van der Waals surface area (Å²) < 4.78 is 96.6. The van der Waals surface area contributed by atoms with Crippen molar-refractivity contribution in [3.05, 3.63) is 62.4 Å². The van der Waals surface area contributed by atoms with Crippen LogP contribution >= 0.6 is 30.2 Å². The number of H-pyrrole nitrogens is 2. The Morgan fingerprint density at radius 2 is 1.51 bits per heavy atom. The second-order valence-corrected chi connectivity index (χ2v) is 23.6. The number of hydrogen-bond acceptors (Lipinski definition) is 27. The van der Waals surface area contributed by atoms with E-state index in [0.29, 0.717) is 0 Å². The highest BCUT2D eigenvalue weighted by molar-refractivity contribution is 8.06. The molecule has 8 rings (SSSR count). The van der Waals surface area contributed by atoms with Crippen LogP contribution in [0.1, 0.15) is 32.0 Å². The molecule has 8 heterocycles. The number of phosphoric acid groups is 3. The highest BCUT2D eigenvalue weighted by atomic mass is 32.5. The topological polar surface area (TPSA) is 493 Å². The van der Waals surface area contributed by atoms with Crippen LogP contribution in [-0.4, -0.2) is 149 Å². The van der Waals surface area contributed by atoms with Gasteiger partial charge in [-0.2, -0.15) is 8.62 Å². The van der Waals surface area contributed by atoms with Crippen molar-refractivity contribution < 1.29 is 98.8 Å². The van der Waals surface area contributed by atoms with Crippen LogP contribution in [0.5, 0.6) is 0 Å². The molecule has 3 fully saturated rings. The molecule has 3 saturated heterocycles. The minimum atomic E-state index is -6.12. The fraction of sp³-hybridized carbons (Fsp3) is 0.576. The van der Waals surface area contributed by atoms with Crippen molar-refractivity contribution in [1.82, 2.24) is 43.6 Å². The Morgan fingerprint density at radius 1 is 0.849 bits per heavy atom. The van der Waals surface area contributed by atoms with Crippen LogP contribution in [0.2, 0.25) is 0 Å². The summed E-state index contributed by atoms with van der Waals surface area (Å²) >= 11 is 5.13. The summed E-state index contributed by atoms with van der Waals surface area (Å²) in [5, 5.41) is 32.5. The highest BCUT2D eigenvalue weighted by Crippen LogP contribution is 2.68. The number of methoxy groups -OCH3 is 1. The van der Waals surface area contributed by atoms with Crippen molar-refractivity contribution in [3.8, 4) is 0 Å². The maximum atomic E-state index is 13.8. The molecule has 5 aromatic heterocycles. The van der Waals surface area contributed by atoms with Crippen molar-refractivity contribution in [3.63, 3.8) is 0 Å². The molecular formula is C33H46N12O23P4S. The van der Waals surface area contributed by atoms with Gasteiger partial charge >= 0.3 is 34.8 Å². The van der Waals surface area contributed by atoms with Crippen LogP contribution in [0, 0.1) is 5.92 Å². The largest absolute Gasteiger partial charge is 0.780 e. The molecule has 0 aromatic carbocycles. The summed E-state index contributed by atoms with van der Waals surface area (Å²) in [6.07, 6.45) is -11.9. The number of anilines is 2. The Labute approximate surface area is 412 Å². The van der Waals surface area contributed by atoms with E-state index in [1.807, 2.05) is 4.98 Å². The first-order valence-electron chi connectivity index (χ1n) is 21.1. The van der Waals surface area contributed by atoms with Crippen molar-refractivity contribution >= 4 is 76.1 Å². The maximum absolute atomic E-state index is 13.8. The van der Waals surface area contributed by atoms with Gasteiger partial charge in [-0.3, -0.25) is 42.3 Å². The van der Waals surface area contributed by atoms with E-state index in [9.17, 15) is 63.0 Å². The number of nitrogens with two attached hydrogens (primary N) is 2. The number of aliphatic hydroxyl groups excluding tert-OH is 3. The van der Waals surface area contributed by atoms with Gasteiger partial charge in [-0.1, -0.05) is 23.7 Å². The molecule has 35 nitrogen and oxygen atoms in total. The third-order valence-corrected chi connectivity index (χ3v) is 17.4. The SMILES string of the molecule is CC[C@H]1[C@@H](O)[C@H]([n+]2cn(C)c3c(=O)[nH]c(N)nc32)O[C@@H]1COP(=O)(O)OP(=O)(O)OP(=O)(O)OC[C@H]1O[C@@H](n2cnc3c(N)ncnc32)[C@H](OC)[C@@H]1OP([O-])(=S)OC[C@H]1O[C@@H](n2ccc(=O)[nH]c2=O)[C@H](O)[C@@H]1O. The van der Waals surface area contributed by atoms with Crippen molar-refractivity contribution in [2.75, 3.05) is 38.4 Å². The van der Waals surface area contributed by atoms with E-state index in [2.05, 4.69) is 33.5 Å². The highest BCUT2D eigenvalue weighted by Gasteiger charge is 2.52. The monoisotopic (exact) mass is 1130 g/mol. The summed E-state index contributed by atoms with van der Waals surface area (Å²) in [5.74, 6) is -1.12. The number of ether oxygens (including phenoxy) is 4. The first kappa shape index (κ1) is 55.1. The van der Waals surface area contributed by atoms with Gasteiger partial charge in [0.25, 0.3) is 17.1 Å². The second-order valence-electron chi connectivity index (χ2n) is 16.3. The van der Waals surface area contributed by atoms with E-state index >= 15 is 0 Å². The molecule has 0 amide bonds. The fourth-order valence-electron chi connectivity index (χ4n) is 8.37. The standard InChI is InChI=1S/C33H46N12O23P4S/c1-4-13-14(63-29(20(13)47)45-12-42(2)19-27(45)40-32(35)41-28(19)50)7-60-69(52,53)67-71(56,57)68-70(54,55)61-9-16-23(24(59-3)31(65-16)44-11-38-18-25(34)36-10-37-26(18)44)66-72(58,73)62-8-15-21(48)22(49)30(64-15)43-6-5-17(46)39-33(43)51/h5-6,10-16,20-24,29-31,47-49H,4,7-9H2,1-3H3,(H9-,34,35,36,37,39,40,41,46,50,51,52,53,54,55,56,57,58,73)/t13-,14-,15-,16-,20-,21-,22-,23-,24-,29-,30-,31-,72?/m1/s1. The summed E-state index contributed by atoms with van der Waals surface area (Å²) in [6, 6.07) is 0.951. The number of nitrogen functional groups attached to an aromatic ring is 2. The number of nitrogens with zero attached hydrogens (tertiary/aromatic N) is 8. The zero-order chi connectivity index (χ0) is 53.1. The number of aromatic amines is 2. The third-order valence-electron chi connectivity index (χ3n) is 11.6. The van der Waals surface area contributed by atoms with Crippen LogP contribution in [0.15, 0.2) is 45.6 Å². The van der Waals surface area contributed by atoms with Gasteiger partial charge in [-0.25, -0.2) is 38.0 Å². The minimum Gasteiger partial charge on any atom is -0.780 e. The van der Waals surface area contributed by atoms with Crippen LogP contribution < -0.4 is 37.7 Å². The van der Waals surface area contributed by atoms with Gasteiger partial charge in [0.2, 0.25) is 11.7 Å². The van der Waals surface area contributed by atoms with Gasteiger partial charge in [0.1, 0.15) is 61.3 Å². The lowest BCUT2D eigenvalue weighted by molar-refractivity contribution is -0.745. The van der Waals surface area contributed by atoms with E-state index in [0.717, 1.165) is 30.3 Å². The molecule has 12 N–H and O–H groups in total. The number of hydrogen-bond donors (Lipinski definition) is 10. The second kappa shape index (κ2) is 21.1. The predicted molar refractivity (Wildman–Crippen MR) is 240 cm³/mol. The van der Waals surface area contributed by atoms with Crippen molar-refractivity contribution in [2.45, 2.75) is 80.9 Å². The van der Waals surface area contributed by atoms with Crippen LogP contribution in [0.25, 0.3) is 22.3 Å². The number of imidazole rings is 2. The molecule has 5 aromatic rings. The van der Waals surface area contributed by atoms with Gasteiger partial charge in [0.15, 0.2) is 30.2 Å². The number of aliphatic hydroxyl groups is 3. The van der Waals surface area contributed by atoms with Gasteiger partial charge in [-0.15, -0.1) is 0 Å². The van der Waals surface area contributed by atoms with Gasteiger partial charge in [0.05, 0.1) is 39.3 Å². The number of aryl methyl sites for hydroxylation is 1. The maximum Gasteiger partial charge on any atom is 0.490 e. The van der Waals surface area contributed by atoms with Crippen LogP contribution in [-0.2, 0) is 78.2 Å². The number of phosphoric ester groups is 2. The minimum absolute atomic E-state index is 0.0207. The van der Waals surface area contributed by atoms with E-state index in [1.165, 1.54) is 33.4 Å². The van der Waals surface area contributed by atoms with Crippen molar-refractivity contribution in [1.29, 1.82) is 0 Å². The number of nitrogens with one attached hydrogen (secondary N) is 2. The molecule has 402 valence electrons. The lowest BCUT2D eigenvalue weighted by Gasteiger charge is -2.34. The molecule has 0 bridgehead atoms. The smallest absolute Gasteiger partial charge is 0.490 e. The average molecular weight is 1130 g/mol. The molecular weight excluding hydrogens is 1090 g/mol. The summed E-state index contributed by atoms with van der Waals surface area (Å²) in [6.45, 7) is -6.12. The molecule has 0 spiro atoms. The Balaban J connectivity index is 0.935. The van der Waals surface area contributed by atoms with Gasteiger partial charge in [0, 0.05) is 25.3 Å².